The van der Waals surface area contributed by atoms with Gasteiger partial charge in [0.05, 0.1) is 11.9 Å². The molecular weight excluding hydrogens is 280 g/mol. The largest absolute Gasteiger partial charge is 0.385 e. The van der Waals surface area contributed by atoms with Crippen LogP contribution in [-0.4, -0.2) is 32.7 Å². The van der Waals surface area contributed by atoms with Gasteiger partial charge in [-0.05, 0) is 54.5 Å². The summed E-state index contributed by atoms with van der Waals surface area (Å²) in [5.41, 5.74) is 2.62. The molecule has 1 unspecified atom stereocenters. The summed E-state index contributed by atoms with van der Waals surface area (Å²) in [4.78, 5) is 0. The summed E-state index contributed by atoms with van der Waals surface area (Å²) in [6.07, 6.45) is 2.45. The van der Waals surface area contributed by atoms with E-state index in [0.29, 0.717) is 5.69 Å². The fraction of sp³-hybridized carbons (Fsp3) is 0.538. The highest BCUT2D eigenvalue weighted by Crippen LogP contribution is 2.25. The number of rotatable bonds is 5. The van der Waals surface area contributed by atoms with E-state index in [9.17, 15) is 8.42 Å². The average molecular weight is 300 g/mol. The second kappa shape index (κ2) is 6.05. The summed E-state index contributed by atoms with van der Waals surface area (Å²) < 4.78 is 24.9. The smallest absolute Gasteiger partial charge is 0.229 e. The Bertz CT molecular complexity index is 538. The Morgan fingerprint density at radius 2 is 2.21 bits per heavy atom. The number of nitrogens with one attached hydrogen (secondary N) is 2. The summed E-state index contributed by atoms with van der Waals surface area (Å²) in [6.45, 7) is 2.90. The monoisotopic (exact) mass is 300 g/mol. The van der Waals surface area contributed by atoms with Gasteiger partial charge in [-0.1, -0.05) is 0 Å². The van der Waals surface area contributed by atoms with Gasteiger partial charge in [0.2, 0.25) is 10.0 Å². The van der Waals surface area contributed by atoms with Gasteiger partial charge in [0.25, 0.3) is 0 Å². The molecule has 6 heteroatoms. The molecule has 1 saturated heterocycles. The van der Waals surface area contributed by atoms with E-state index in [1.54, 1.807) is 0 Å². The molecule has 1 aromatic rings. The molecule has 2 rings (SSSR count). The molecule has 1 fully saturated rings. The molecule has 0 spiro atoms. The number of aryl methyl sites for hydroxylation is 1. The Balaban J connectivity index is 1.97. The molecule has 0 amide bonds. The minimum atomic E-state index is -3.21. The van der Waals surface area contributed by atoms with Crippen molar-refractivity contribution >= 4 is 33.2 Å². The molecule has 19 heavy (non-hydrogen) atoms. The maximum atomic E-state index is 11.2. The second-order valence-electron chi connectivity index (χ2n) is 5.01. The lowest BCUT2D eigenvalue weighted by Crippen LogP contribution is -2.14. The third-order valence-electron chi connectivity index (χ3n) is 3.14. The Hall–Kier alpha value is -0.880. The van der Waals surface area contributed by atoms with Crippen molar-refractivity contribution in [1.29, 1.82) is 0 Å². The molecule has 0 aromatic heterocycles. The zero-order valence-corrected chi connectivity index (χ0v) is 12.9. The summed E-state index contributed by atoms with van der Waals surface area (Å²) in [7, 11) is -3.21. The van der Waals surface area contributed by atoms with Crippen LogP contribution in [0.1, 0.15) is 12.0 Å². The number of hydrogen-bond acceptors (Lipinski definition) is 4. The summed E-state index contributed by atoms with van der Waals surface area (Å²) in [5, 5.41) is 3.43. The normalized spacial score (nSPS) is 19.4. The van der Waals surface area contributed by atoms with Crippen LogP contribution in [-0.2, 0) is 10.0 Å². The van der Waals surface area contributed by atoms with Crippen molar-refractivity contribution < 1.29 is 8.42 Å². The molecule has 1 atom stereocenters. The van der Waals surface area contributed by atoms with Crippen LogP contribution < -0.4 is 10.0 Å². The minimum Gasteiger partial charge on any atom is -0.385 e. The predicted octanol–water partition coefficient (Wildman–Crippen LogP) is 2.53. The number of anilines is 2. The number of thioether (sulfide) groups is 1. The Labute approximate surface area is 119 Å². The van der Waals surface area contributed by atoms with Crippen molar-refractivity contribution in [2.24, 2.45) is 5.92 Å². The summed E-state index contributed by atoms with van der Waals surface area (Å²) in [5.74, 6) is 3.25. The highest BCUT2D eigenvalue weighted by Gasteiger charge is 2.15. The van der Waals surface area contributed by atoms with Gasteiger partial charge < -0.3 is 5.32 Å². The third kappa shape index (κ3) is 4.62. The van der Waals surface area contributed by atoms with Gasteiger partial charge in [-0.25, -0.2) is 8.42 Å². The molecule has 0 radical (unpaired) electrons. The van der Waals surface area contributed by atoms with Crippen molar-refractivity contribution in [3.8, 4) is 0 Å². The minimum absolute atomic E-state index is 0.643. The lowest BCUT2D eigenvalue weighted by Gasteiger charge is -2.13. The maximum absolute atomic E-state index is 11.2. The molecule has 1 aliphatic rings. The Morgan fingerprint density at radius 3 is 2.79 bits per heavy atom. The van der Waals surface area contributed by atoms with Crippen LogP contribution in [0.4, 0.5) is 11.4 Å². The van der Waals surface area contributed by atoms with Crippen molar-refractivity contribution in [1.82, 2.24) is 0 Å². The van der Waals surface area contributed by atoms with E-state index in [0.717, 1.165) is 30.0 Å². The highest BCUT2D eigenvalue weighted by molar-refractivity contribution is 7.99. The lowest BCUT2D eigenvalue weighted by molar-refractivity contribution is 0.607. The van der Waals surface area contributed by atoms with Gasteiger partial charge in [-0.3, -0.25) is 4.72 Å². The van der Waals surface area contributed by atoms with Crippen LogP contribution in [0.2, 0.25) is 0 Å². The number of sulfonamides is 1. The highest BCUT2D eigenvalue weighted by atomic mass is 32.2. The van der Waals surface area contributed by atoms with E-state index in [-0.39, 0.29) is 0 Å². The SMILES string of the molecule is Cc1cc(NCC2CCSC2)ccc1NS(C)(=O)=O. The van der Waals surface area contributed by atoms with Crippen molar-refractivity contribution in [2.45, 2.75) is 13.3 Å². The third-order valence-corrected chi connectivity index (χ3v) is 4.96. The quantitative estimate of drug-likeness (QED) is 0.877. The maximum Gasteiger partial charge on any atom is 0.229 e. The molecule has 0 aliphatic carbocycles. The first kappa shape index (κ1) is 14.5. The second-order valence-corrected chi connectivity index (χ2v) is 7.91. The van der Waals surface area contributed by atoms with Crippen molar-refractivity contribution in [2.75, 3.05) is 34.3 Å². The van der Waals surface area contributed by atoms with E-state index >= 15 is 0 Å². The Kier molecular flexibility index (Phi) is 4.62. The standard InChI is InChI=1S/C13H20N2O2S2/c1-10-7-12(14-8-11-5-6-18-9-11)3-4-13(10)15-19(2,16)17/h3-4,7,11,14-15H,5-6,8-9H2,1-2H3. The van der Waals surface area contributed by atoms with Gasteiger partial charge >= 0.3 is 0 Å². The van der Waals surface area contributed by atoms with Crippen LogP contribution in [0.5, 0.6) is 0 Å². The van der Waals surface area contributed by atoms with Gasteiger partial charge in [0, 0.05) is 12.2 Å². The first-order chi connectivity index (χ1) is 8.94. The molecule has 1 aromatic carbocycles. The number of hydrogen-bond donors (Lipinski definition) is 2. The van der Waals surface area contributed by atoms with Crippen LogP contribution in [0.15, 0.2) is 18.2 Å². The lowest BCUT2D eigenvalue weighted by atomic mass is 10.1. The van der Waals surface area contributed by atoms with Gasteiger partial charge in [0.15, 0.2) is 0 Å². The average Bonchev–Trinajstić information content (AvgIpc) is 2.81. The molecule has 106 valence electrons. The fourth-order valence-corrected chi connectivity index (χ4v) is 4.01. The van der Waals surface area contributed by atoms with Crippen molar-refractivity contribution in [3.05, 3.63) is 23.8 Å². The topological polar surface area (TPSA) is 58.2 Å². The van der Waals surface area contributed by atoms with E-state index in [1.165, 1.54) is 17.9 Å². The van der Waals surface area contributed by atoms with E-state index in [1.807, 2.05) is 36.9 Å². The van der Waals surface area contributed by atoms with Crippen LogP contribution in [0.3, 0.4) is 0 Å². The molecule has 2 N–H and O–H groups in total. The first-order valence-corrected chi connectivity index (χ1v) is 9.39. The molecule has 1 aliphatic heterocycles. The van der Waals surface area contributed by atoms with Gasteiger partial charge in [0.1, 0.15) is 0 Å². The van der Waals surface area contributed by atoms with E-state index in [2.05, 4.69) is 10.0 Å². The van der Waals surface area contributed by atoms with Crippen LogP contribution >= 0.6 is 11.8 Å². The predicted molar refractivity (Wildman–Crippen MR) is 83.6 cm³/mol. The molecule has 4 nitrogen and oxygen atoms in total. The van der Waals surface area contributed by atoms with Crippen molar-refractivity contribution in [3.63, 3.8) is 0 Å². The van der Waals surface area contributed by atoms with E-state index in [4.69, 9.17) is 0 Å². The zero-order valence-electron chi connectivity index (χ0n) is 11.3. The molecule has 0 saturated carbocycles. The summed E-state index contributed by atoms with van der Waals surface area (Å²) >= 11 is 2.01. The Morgan fingerprint density at radius 1 is 1.42 bits per heavy atom. The first-order valence-electron chi connectivity index (χ1n) is 6.34. The number of benzene rings is 1. The van der Waals surface area contributed by atoms with Crippen LogP contribution in [0, 0.1) is 12.8 Å². The van der Waals surface area contributed by atoms with Crippen LogP contribution in [0.25, 0.3) is 0 Å². The van der Waals surface area contributed by atoms with Gasteiger partial charge in [-0.2, -0.15) is 11.8 Å². The molecule has 1 heterocycles. The zero-order chi connectivity index (χ0) is 13.9. The van der Waals surface area contributed by atoms with E-state index < -0.39 is 10.0 Å². The molecular formula is C13H20N2O2S2. The molecule has 0 bridgehead atoms. The summed E-state index contributed by atoms with van der Waals surface area (Å²) in [6, 6.07) is 5.71. The fourth-order valence-electron chi connectivity index (χ4n) is 2.09. The van der Waals surface area contributed by atoms with Gasteiger partial charge in [-0.15, -0.1) is 0 Å².